The van der Waals surface area contributed by atoms with Crippen molar-refractivity contribution in [1.29, 1.82) is 0 Å². The molecule has 0 saturated heterocycles. The predicted octanol–water partition coefficient (Wildman–Crippen LogP) is 2.69. The molecule has 4 rings (SSSR count). The van der Waals surface area contributed by atoms with Gasteiger partial charge in [0.2, 0.25) is 0 Å². The minimum absolute atomic E-state index is 0.209. The lowest BCUT2D eigenvalue weighted by Gasteiger charge is -2.13. The summed E-state index contributed by atoms with van der Waals surface area (Å²) >= 11 is 0. The van der Waals surface area contributed by atoms with E-state index in [1.165, 1.54) is 7.11 Å². The summed E-state index contributed by atoms with van der Waals surface area (Å²) in [5, 5.41) is 3.33. The van der Waals surface area contributed by atoms with Gasteiger partial charge in [-0.1, -0.05) is 0 Å². The number of esters is 1. The molecule has 0 radical (unpaired) electrons. The molecule has 0 bridgehead atoms. The first-order chi connectivity index (χ1) is 14.1. The van der Waals surface area contributed by atoms with Gasteiger partial charge in [-0.15, -0.1) is 0 Å². The first-order valence-electron chi connectivity index (χ1n) is 8.79. The number of nitrogens with zero attached hydrogens (tertiary/aromatic N) is 4. The molecule has 0 aliphatic rings. The molecule has 29 heavy (non-hydrogen) atoms. The van der Waals surface area contributed by atoms with Crippen molar-refractivity contribution in [2.45, 2.75) is 6.54 Å². The van der Waals surface area contributed by atoms with Crippen LogP contribution in [0, 0.1) is 0 Å². The first-order valence-corrected chi connectivity index (χ1v) is 8.79. The number of anilines is 1. The van der Waals surface area contributed by atoms with Gasteiger partial charge in [-0.3, -0.25) is 4.40 Å². The summed E-state index contributed by atoms with van der Waals surface area (Å²) in [4.78, 5) is 24.8. The Morgan fingerprint density at radius 2 is 1.97 bits per heavy atom. The van der Waals surface area contributed by atoms with Crippen LogP contribution in [0.15, 0.2) is 43.0 Å². The SMILES string of the molecule is COC(=O)c1cc2c(cn1)nc(NCc1ccc(OC)cc1OC)c1cncn12. The van der Waals surface area contributed by atoms with E-state index in [4.69, 9.17) is 14.2 Å². The van der Waals surface area contributed by atoms with E-state index in [1.54, 1.807) is 39.0 Å². The Morgan fingerprint density at radius 1 is 1.10 bits per heavy atom. The Hall–Kier alpha value is -3.88. The summed E-state index contributed by atoms with van der Waals surface area (Å²) in [6.45, 7) is 0.486. The van der Waals surface area contributed by atoms with Crippen LogP contribution < -0.4 is 14.8 Å². The fourth-order valence-corrected chi connectivity index (χ4v) is 3.08. The summed E-state index contributed by atoms with van der Waals surface area (Å²) in [5.41, 5.74) is 3.26. The van der Waals surface area contributed by atoms with Crippen LogP contribution in [0.25, 0.3) is 16.6 Å². The van der Waals surface area contributed by atoms with Gasteiger partial charge in [-0.2, -0.15) is 0 Å². The Morgan fingerprint density at radius 3 is 2.72 bits per heavy atom. The normalized spacial score (nSPS) is 10.9. The van der Waals surface area contributed by atoms with Crippen molar-refractivity contribution >= 4 is 28.3 Å². The lowest BCUT2D eigenvalue weighted by Crippen LogP contribution is -2.08. The summed E-state index contributed by atoms with van der Waals surface area (Å²) < 4.78 is 17.3. The Balaban J connectivity index is 1.71. The van der Waals surface area contributed by atoms with Crippen molar-refractivity contribution < 1.29 is 19.0 Å². The second-order valence-corrected chi connectivity index (χ2v) is 6.19. The number of benzene rings is 1. The number of imidazole rings is 1. The van der Waals surface area contributed by atoms with Crippen molar-refractivity contribution in [3.05, 3.63) is 54.2 Å². The molecule has 0 unspecified atom stereocenters. The third-order valence-electron chi connectivity index (χ3n) is 4.57. The van der Waals surface area contributed by atoms with Crippen molar-refractivity contribution in [2.24, 2.45) is 0 Å². The third kappa shape index (κ3) is 3.38. The smallest absolute Gasteiger partial charge is 0.356 e. The zero-order valence-electron chi connectivity index (χ0n) is 16.2. The summed E-state index contributed by atoms with van der Waals surface area (Å²) in [6.07, 6.45) is 4.91. The standard InChI is InChI=1S/C20H19N5O4/c1-27-13-5-4-12(18(6-13)28-2)8-23-19-17-10-21-11-25(17)16-7-14(20(26)29-3)22-9-15(16)24-19/h4-7,9-11H,8H2,1-3H3,(H,23,24). The molecule has 0 amide bonds. The van der Waals surface area contributed by atoms with Crippen LogP contribution >= 0.6 is 0 Å². The van der Waals surface area contributed by atoms with Crippen LogP contribution in [0.4, 0.5) is 5.82 Å². The molecule has 0 saturated carbocycles. The highest BCUT2D eigenvalue weighted by Gasteiger charge is 2.14. The van der Waals surface area contributed by atoms with Crippen LogP contribution in [-0.2, 0) is 11.3 Å². The highest BCUT2D eigenvalue weighted by molar-refractivity contribution is 5.92. The number of methoxy groups -OCH3 is 3. The number of hydrogen-bond acceptors (Lipinski definition) is 8. The van der Waals surface area contributed by atoms with Gasteiger partial charge in [0.1, 0.15) is 22.5 Å². The molecule has 3 heterocycles. The maximum Gasteiger partial charge on any atom is 0.356 e. The fraction of sp³-hybridized carbons (Fsp3) is 0.200. The molecule has 3 aromatic heterocycles. The minimum atomic E-state index is -0.506. The second-order valence-electron chi connectivity index (χ2n) is 6.19. The predicted molar refractivity (Wildman–Crippen MR) is 107 cm³/mol. The van der Waals surface area contributed by atoms with Gasteiger partial charge in [-0.25, -0.2) is 19.7 Å². The highest BCUT2D eigenvalue weighted by Crippen LogP contribution is 2.27. The summed E-state index contributed by atoms with van der Waals surface area (Å²) in [7, 11) is 4.55. The molecule has 9 nitrogen and oxygen atoms in total. The first kappa shape index (κ1) is 18.5. The van der Waals surface area contributed by atoms with E-state index in [-0.39, 0.29) is 5.69 Å². The molecule has 0 aliphatic carbocycles. The quantitative estimate of drug-likeness (QED) is 0.499. The minimum Gasteiger partial charge on any atom is -0.497 e. The molecular formula is C20H19N5O4. The van der Waals surface area contributed by atoms with Gasteiger partial charge in [0, 0.05) is 18.2 Å². The van der Waals surface area contributed by atoms with Crippen molar-refractivity contribution in [3.8, 4) is 11.5 Å². The lowest BCUT2D eigenvalue weighted by atomic mass is 10.2. The number of hydrogen-bond donors (Lipinski definition) is 1. The molecule has 0 fully saturated rings. The van der Waals surface area contributed by atoms with Crippen LogP contribution in [0.1, 0.15) is 16.1 Å². The van der Waals surface area contributed by atoms with E-state index in [9.17, 15) is 4.79 Å². The average molecular weight is 393 g/mol. The number of fused-ring (bicyclic) bond motifs is 3. The van der Waals surface area contributed by atoms with Gasteiger partial charge in [0.15, 0.2) is 11.5 Å². The highest BCUT2D eigenvalue weighted by atomic mass is 16.5. The van der Waals surface area contributed by atoms with Gasteiger partial charge in [0.25, 0.3) is 0 Å². The summed E-state index contributed by atoms with van der Waals surface area (Å²) in [5.74, 6) is 1.57. The van der Waals surface area contributed by atoms with Crippen molar-refractivity contribution in [2.75, 3.05) is 26.6 Å². The van der Waals surface area contributed by atoms with Gasteiger partial charge in [-0.05, 0) is 18.2 Å². The van der Waals surface area contributed by atoms with Crippen LogP contribution in [0.3, 0.4) is 0 Å². The average Bonchev–Trinajstić information content (AvgIpc) is 3.27. The second kappa shape index (κ2) is 7.63. The largest absolute Gasteiger partial charge is 0.497 e. The number of ether oxygens (including phenoxy) is 3. The molecule has 0 atom stereocenters. The zero-order chi connectivity index (χ0) is 20.4. The van der Waals surface area contributed by atoms with Gasteiger partial charge < -0.3 is 19.5 Å². The van der Waals surface area contributed by atoms with E-state index >= 15 is 0 Å². The molecule has 1 N–H and O–H groups in total. The number of nitrogens with one attached hydrogen (secondary N) is 1. The van der Waals surface area contributed by atoms with Gasteiger partial charge >= 0.3 is 5.97 Å². The van der Waals surface area contributed by atoms with E-state index < -0.39 is 5.97 Å². The van der Waals surface area contributed by atoms with E-state index in [0.717, 1.165) is 16.8 Å². The van der Waals surface area contributed by atoms with Crippen LogP contribution in [-0.4, -0.2) is 46.7 Å². The Labute approximate surface area is 166 Å². The molecule has 4 aromatic rings. The summed E-state index contributed by atoms with van der Waals surface area (Å²) in [6, 6.07) is 7.28. The van der Waals surface area contributed by atoms with E-state index in [2.05, 4.69) is 20.3 Å². The van der Waals surface area contributed by atoms with E-state index in [0.29, 0.717) is 29.1 Å². The Bertz CT molecular complexity index is 1200. The molecule has 1 aromatic carbocycles. The van der Waals surface area contributed by atoms with Crippen LogP contribution in [0.2, 0.25) is 0 Å². The van der Waals surface area contributed by atoms with Crippen molar-refractivity contribution in [1.82, 2.24) is 19.4 Å². The van der Waals surface area contributed by atoms with E-state index in [1.807, 2.05) is 22.6 Å². The molecule has 9 heteroatoms. The maximum absolute atomic E-state index is 11.8. The molecule has 148 valence electrons. The zero-order valence-corrected chi connectivity index (χ0v) is 16.2. The van der Waals surface area contributed by atoms with Crippen molar-refractivity contribution in [3.63, 3.8) is 0 Å². The van der Waals surface area contributed by atoms with Crippen LogP contribution in [0.5, 0.6) is 11.5 Å². The molecule has 0 aliphatic heterocycles. The monoisotopic (exact) mass is 393 g/mol. The number of aromatic nitrogens is 4. The number of carbonyl (C=O) groups is 1. The lowest BCUT2D eigenvalue weighted by molar-refractivity contribution is 0.0594. The number of carbonyl (C=O) groups excluding carboxylic acids is 1. The molecule has 0 spiro atoms. The Kier molecular flexibility index (Phi) is 4.86. The topological polar surface area (TPSA) is 99.9 Å². The number of pyridine rings is 1. The maximum atomic E-state index is 11.8. The molecular weight excluding hydrogens is 374 g/mol. The third-order valence-corrected chi connectivity index (χ3v) is 4.57. The fourth-order valence-electron chi connectivity index (χ4n) is 3.08. The number of rotatable bonds is 6. The van der Waals surface area contributed by atoms with Gasteiger partial charge in [0.05, 0.1) is 45.6 Å².